The number of hydrogen-bond donors (Lipinski definition) is 1. The fourth-order valence-electron chi connectivity index (χ4n) is 3.94. The molecule has 0 bridgehead atoms. The first-order valence-corrected chi connectivity index (χ1v) is 10.3. The van der Waals surface area contributed by atoms with Crippen LogP contribution in [0.2, 0.25) is 0 Å². The Morgan fingerprint density at radius 2 is 2.10 bits per heavy atom. The smallest absolute Gasteiger partial charge is 0.250 e. The van der Waals surface area contributed by atoms with Gasteiger partial charge in [0.1, 0.15) is 0 Å². The standard InChI is InChI=1S/C23H26N6O2/c1-4-21(31)27(3)19-12-20-22(24-13-19)26-23(28-11-10-18(15-28)25-16(2)30)29(20)14-17-8-6-5-7-9-17/h4-9,12-13,18H,1,10-11,14-15H2,2-3H3,(H,25,30)/t18-/m0/s1. The topological polar surface area (TPSA) is 83.4 Å². The molecule has 8 heteroatoms. The molecule has 1 aliphatic rings. The van der Waals surface area contributed by atoms with Crippen LogP contribution in [0.1, 0.15) is 18.9 Å². The van der Waals surface area contributed by atoms with Crippen molar-refractivity contribution in [2.75, 3.05) is 29.9 Å². The third-order valence-electron chi connectivity index (χ3n) is 5.53. The van der Waals surface area contributed by atoms with Gasteiger partial charge in [-0.05, 0) is 24.1 Å². The van der Waals surface area contributed by atoms with Crippen LogP contribution in [0.25, 0.3) is 11.2 Å². The lowest BCUT2D eigenvalue weighted by atomic mass is 10.2. The fourth-order valence-corrected chi connectivity index (χ4v) is 3.94. The monoisotopic (exact) mass is 418 g/mol. The van der Waals surface area contributed by atoms with Crippen LogP contribution in [0.4, 0.5) is 11.6 Å². The maximum atomic E-state index is 12.1. The second-order valence-electron chi connectivity index (χ2n) is 7.75. The van der Waals surface area contributed by atoms with E-state index >= 15 is 0 Å². The Balaban J connectivity index is 1.75. The first kappa shape index (κ1) is 20.6. The van der Waals surface area contributed by atoms with Gasteiger partial charge in [-0.25, -0.2) is 4.98 Å². The van der Waals surface area contributed by atoms with E-state index in [1.54, 1.807) is 20.2 Å². The zero-order valence-electron chi connectivity index (χ0n) is 17.8. The molecule has 1 aromatic carbocycles. The van der Waals surface area contributed by atoms with Gasteiger partial charge in [0, 0.05) is 33.1 Å². The van der Waals surface area contributed by atoms with E-state index in [0.29, 0.717) is 24.4 Å². The molecular weight excluding hydrogens is 392 g/mol. The quantitative estimate of drug-likeness (QED) is 0.622. The Bertz CT molecular complexity index is 1120. The summed E-state index contributed by atoms with van der Waals surface area (Å²) in [6.45, 7) is 7.22. The molecule has 1 N–H and O–H groups in total. The van der Waals surface area contributed by atoms with E-state index in [-0.39, 0.29) is 17.9 Å². The molecular formula is C23H26N6O2. The summed E-state index contributed by atoms with van der Waals surface area (Å²) in [5, 5.41) is 3.00. The summed E-state index contributed by atoms with van der Waals surface area (Å²) in [6, 6.07) is 12.2. The lowest BCUT2D eigenvalue weighted by Gasteiger charge is -2.20. The highest BCUT2D eigenvalue weighted by atomic mass is 16.2. The van der Waals surface area contributed by atoms with Gasteiger partial charge in [0.25, 0.3) is 0 Å². The lowest BCUT2D eigenvalue weighted by molar-refractivity contribution is -0.119. The third kappa shape index (κ3) is 4.28. The molecule has 4 rings (SSSR count). The van der Waals surface area contributed by atoms with Crippen molar-refractivity contribution in [1.29, 1.82) is 0 Å². The number of imidazole rings is 1. The summed E-state index contributed by atoms with van der Waals surface area (Å²) in [6.07, 6.45) is 3.80. The predicted octanol–water partition coefficient (Wildman–Crippen LogP) is 2.34. The Hall–Kier alpha value is -3.68. The van der Waals surface area contributed by atoms with Crippen molar-refractivity contribution < 1.29 is 9.59 Å². The van der Waals surface area contributed by atoms with Gasteiger partial charge >= 0.3 is 0 Å². The summed E-state index contributed by atoms with van der Waals surface area (Å²) < 4.78 is 2.13. The van der Waals surface area contributed by atoms with Crippen molar-refractivity contribution in [3.05, 3.63) is 60.8 Å². The minimum Gasteiger partial charge on any atom is -0.352 e. The third-order valence-corrected chi connectivity index (χ3v) is 5.53. The summed E-state index contributed by atoms with van der Waals surface area (Å²) in [7, 11) is 1.70. The van der Waals surface area contributed by atoms with Gasteiger partial charge < -0.3 is 19.7 Å². The van der Waals surface area contributed by atoms with Crippen LogP contribution >= 0.6 is 0 Å². The number of anilines is 2. The zero-order chi connectivity index (χ0) is 22.0. The summed E-state index contributed by atoms with van der Waals surface area (Å²) in [5.74, 6) is 0.591. The predicted molar refractivity (Wildman–Crippen MR) is 121 cm³/mol. The van der Waals surface area contributed by atoms with E-state index in [1.807, 2.05) is 24.3 Å². The van der Waals surface area contributed by atoms with Crippen LogP contribution in [0.15, 0.2) is 55.3 Å². The number of rotatable bonds is 6. The van der Waals surface area contributed by atoms with Crippen LogP contribution in [-0.2, 0) is 16.1 Å². The number of aromatic nitrogens is 3. The Morgan fingerprint density at radius 3 is 2.81 bits per heavy atom. The van der Waals surface area contributed by atoms with Crippen molar-refractivity contribution in [2.45, 2.75) is 25.9 Å². The highest BCUT2D eigenvalue weighted by Crippen LogP contribution is 2.28. The maximum absolute atomic E-state index is 12.1. The van der Waals surface area contributed by atoms with Crippen LogP contribution in [0.3, 0.4) is 0 Å². The normalized spacial score (nSPS) is 15.8. The molecule has 0 spiro atoms. The van der Waals surface area contributed by atoms with E-state index in [1.165, 1.54) is 11.0 Å². The van der Waals surface area contributed by atoms with Crippen molar-refractivity contribution in [3.8, 4) is 0 Å². The Morgan fingerprint density at radius 1 is 1.32 bits per heavy atom. The van der Waals surface area contributed by atoms with Gasteiger partial charge in [0.05, 0.1) is 23.9 Å². The van der Waals surface area contributed by atoms with Crippen LogP contribution < -0.4 is 15.1 Å². The molecule has 0 saturated carbocycles. The molecule has 0 unspecified atom stereocenters. The number of hydrogen-bond acceptors (Lipinski definition) is 5. The van der Waals surface area contributed by atoms with Gasteiger partial charge in [-0.1, -0.05) is 36.9 Å². The molecule has 160 valence electrons. The molecule has 1 aliphatic heterocycles. The van der Waals surface area contributed by atoms with E-state index in [9.17, 15) is 9.59 Å². The van der Waals surface area contributed by atoms with Crippen molar-refractivity contribution >= 4 is 34.6 Å². The molecule has 1 saturated heterocycles. The Kier molecular flexibility index (Phi) is 5.70. The highest BCUT2D eigenvalue weighted by molar-refractivity contribution is 6.01. The van der Waals surface area contributed by atoms with Gasteiger partial charge in [0.15, 0.2) is 5.65 Å². The lowest BCUT2D eigenvalue weighted by Crippen LogP contribution is -2.36. The maximum Gasteiger partial charge on any atom is 0.250 e. The molecule has 3 heterocycles. The van der Waals surface area contributed by atoms with Crippen molar-refractivity contribution in [2.24, 2.45) is 0 Å². The number of pyridine rings is 1. The number of fused-ring (bicyclic) bond motifs is 1. The highest BCUT2D eigenvalue weighted by Gasteiger charge is 2.28. The van der Waals surface area contributed by atoms with E-state index in [4.69, 9.17) is 4.98 Å². The fraction of sp³-hybridized carbons (Fsp3) is 0.304. The second kappa shape index (κ2) is 8.59. The van der Waals surface area contributed by atoms with Gasteiger partial charge in [0.2, 0.25) is 17.8 Å². The molecule has 0 aliphatic carbocycles. The SMILES string of the molecule is C=CC(=O)N(C)c1cnc2nc(N3CC[C@H](NC(C)=O)C3)n(Cc3ccccc3)c2c1. The molecule has 8 nitrogen and oxygen atoms in total. The van der Waals surface area contributed by atoms with Crippen molar-refractivity contribution in [1.82, 2.24) is 19.9 Å². The summed E-state index contributed by atoms with van der Waals surface area (Å²) in [5.41, 5.74) is 3.29. The van der Waals surface area contributed by atoms with Gasteiger partial charge in [-0.15, -0.1) is 0 Å². The Labute approximate surface area is 181 Å². The first-order valence-electron chi connectivity index (χ1n) is 10.3. The minimum atomic E-state index is -0.201. The number of amides is 2. The average molecular weight is 419 g/mol. The molecule has 2 aromatic heterocycles. The average Bonchev–Trinajstić information content (AvgIpc) is 3.37. The summed E-state index contributed by atoms with van der Waals surface area (Å²) >= 11 is 0. The number of nitrogens with one attached hydrogen (secondary N) is 1. The van der Waals surface area contributed by atoms with E-state index in [2.05, 4.69) is 38.5 Å². The minimum absolute atomic E-state index is 0.0223. The number of nitrogens with zero attached hydrogens (tertiary/aromatic N) is 5. The number of carbonyl (C=O) groups is 2. The largest absolute Gasteiger partial charge is 0.352 e. The van der Waals surface area contributed by atoms with E-state index in [0.717, 1.165) is 30.0 Å². The summed E-state index contributed by atoms with van der Waals surface area (Å²) in [4.78, 5) is 36.6. The van der Waals surface area contributed by atoms with Crippen molar-refractivity contribution in [3.63, 3.8) is 0 Å². The molecule has 2 amide bonds. The van der Waals surface area contributed by atoms with Gasteiger partial charge in [-0.3, -0.25) is 9.59 Å². The molecule has 1 atom stereocenters. The number of carbonyl (C=O) groups excluding carboxylic acids is 2. The molecule has 3 aromatic rings. The molecule has 0 radical (unpaired) electrons. The number of benzene rings is 1. The molecule has 1 fully saturated rings. The van der Waals surface area contributed by atoms with E-state index < -0.39 is 0 Å². The molecule has 31 heavy (non-hydrogen) atoms. The van der Waals surface area contributed by atoms with Crippen LogP contribution in [-0.4, -0.2) is 52.5 Å². The number of likely N-dealkylation sites (N-methyl/N-ethyl adjacent to an activating group) is 1. The zero-order valence-corrected chi connectivity index (χ0v) is 17.8. The second-order valence-corrected chi connectivity index (χ2v) is 7.75. The first-order chi connectivity index (χ1) is 15.0. The van der Waals surface area contributed by atoms with Gasteiger partial charge in [-0.2, -0.15) is 4.98 Å². The van der Waals surface area contributed by atoms with Crippen LogP contribution in [0.5, 0.6) is 0 Å². The van der Waals surface area contributed by atoms with Crippen LogP contribution in [0, 0.1) is 0 Å².